The highest BCUT2D eigenvalue weighted by molar-refractivity contribution is 5.75. The molecule has 8 rings (SSSR count). The molecule has 119 heavy (non-hydrogen) atoms. The second-order valence-electron chi connectivity index (χ2n) is 27.1. The predicted molar refractivity (Wildman–Crippen MR) is 464 cm³/mol. The van der Waals surface area contributed by atoms with E-state index < -0.39 is 17.9 Å². The number of aryl methyl sites for hydroxylation is 8. The van der Waals surface area contributed by atoms with E-state index in [1.165, 1.54) is 16.7 Å². The van der Waals surface area contributed by atoms with Crippen molar-refractivity contribution < 1.29 is 99.8 Å². The topological polar surface area (TPSA) is 241 Å². The molecule has 640 valence electrons. The summed E-state index contributed by atoms with van der Waals surface area (Å²) in [5.74, 6) is 5.65. The third kappa shape index (κ3) is 42.1. The minimum atomic E-state index is -0.475. The van der Waals surface area contributed by atoms with Gasteiger partial charge in [0.2, 0.25) is 0 Å². The fourth-order valence-corrected chi connectivity index (χ4v) is 11.2. The van der Waals surface area contributed by atoms with E-state index in [9.17, 15) is 28.8 Å². The van der Waals surface area contributed by atoms with Gasteiger partial charge in [0.15, 0.2) is 19.8 Å². The summed E-state index contributed by atoms with van der Waals surface area (Å²) in [4.78, 5) is 70.2. The number of hydrogen-bond donors (Lipinski definition) is 0. The SMILES string of the molecule is C=CCOc1ccc(CCc2cc(OCC=C)cc(OCC=C)c2)cc1.CCCC(=O)Oc1ccc(CCc2cc(OC(=O)CCC)cc(OC(=O)CCC)c2)cc1.CCCOc1ccc(CCc2cc(OCCC)cc(OCCC)c2)cc1.CCOC(=O)COc1ccc(CCc2cc(OCC(=O)OCC)cc(OCC(=O)OCC)c2)cc1. The Hall–Kier alpha value is -12.0. The summed E-state index contributed by atoms with van der Waals surface area (Å²) in [6.45, 7) is 32.2. The zero-order valence-corrected chi connectivity index (χ0v) is 71.1. The van der Waals surface area contributed by atoms with Gasteiger partial charge >= 0.3 is 35.8 Å². The lowest BCUT2D eigenvalue weighted by molar-refractivity contribution is -0.146. The number of benzene rings is 8. The molecule has 0 N–H and O–H groups in total. The van der Waals surface area contributed by atoms with Gasteiger partial charge in [0.25, 0.3) is 0 Å². The van der Waals surface area contributed by atoms with Crippen LogP contribution in [0.15, 0.2) is 208 Å². The van der Waals surface area contributed by atoms with Gasteiger partial charge < -0.3 is 71.1 Å². The van der Waals surface area contributed by atoms with Crippen molar-refractivity contribution in [2.75, 3.05) is 79.3 Å². The van der Waals surface area contributed by atoms with Crippen molar-refractivity contribution in [3.8, 4) is 69.0 Å². The fourth-order valence-electron chi connectivity index (χ4n) is 11.2. The molecule has 0 bridgehead atoms. The molecule has 0 aliphatic heterocycles. The maximum Gasteiger partial charge on any atom is 0.344 e. The molecule has 0 aliphatic rings. The van der Waals surface area contributed by atoms with E-state index in [0.29, 0.717) is 112 Å². The van der Waals surface area contributed by atoms with Crippen molar-refractivity contribution in [3.05, 3.63) is 252 Å². The van der Waals surface area contributed by atoms with E-state index in [1.807, 2.05) is 93.6 Å². The lowest BCUT2D eigenvalue weighted by Gasteiger charge is -2.12. The Labute approximate surface area is 704 Å². The van der Waals surface area contributed by atoms with Crippen LogP contribution in [0.1, 0.15) is 165 Å². The van der Waals surface area contributed by atoms with Gasteiger partial charge in [0.05, 0.1) is 39.6 Å². The Balaban J connectivity index is 0.000000285. The molecule has 0 unspecified atom stereocenters. The number of rotatable bonds is 51. The summed E-state index contributed by atoms with van der Waals surface area (Å²) < 4.78 is 81.5. The number of carbonyl (C=O) groups excluding carboxylic acids is 6. The van der Waals surface area contributed by atoms with Crippen molar-refractivity contribution in [3.63, 3.8) is 0 Å². The van der Waals surface area contributed by atoms with Crippen LogP contribution in [-0.2, 0) is 94.3 Å². The normalized spacial score (nSPS) is 10.3. The highest BCUT2D eigenvalue weighted by atomic mass is 16.6. The highest BCUT2D eigenvalue weighted by Crippen LogP contribution is 2.30. The second kappa shape index (κ2) is 58.8. The van der Waals surface area contributed by atoms with E-state index in [0.717, 1.165) is 140 Å². The lowest BCUT2D eigenvalue weighted by Crippen LogP contribution is -2.16. The first-order valence-electron chi connectivity index (χ1n) is 41.3. The molecular weight excluding hydrogens is 1510 g/mol. The van der Waals surface area contributed by atoms with Crippen LogP contribution >= 0.6 is 0 Å². The van der Waals surface area contributed by atoms with Gasteiger partial charge in [-0.2, -0.15) is 0 Å². The molecule has 21 heteroatoms. The zero-order chi connectivity index (χ0) is 86.0. The Bertz CT molecular complexity index is 4170. The minimum Gasteiger partial charge on any atom is -0.494 e. The molecule has 0 saturated heterocycles. The summed E-state index contributed by atoms with van der Waals surface area (Å²) in [5, 5.41) is 0. The van der Waals surface area contributed by atoms with Crippen molar-refractivity contribution in [2.45, 2.75) is 171 Å². The number of hydrogen-bond acceptors (Lipinski definition) is 21. The molecule has 0 aromatic heterocycles. The average Bonchev–Trinajstić information content (AvgIpc) is 0.865. The van der Waals surface area contributed by atoms with E-state index in [1.54, 1.807) is 87.5 Å². The van der Waals surface area contributed by atoms with E-state index >= 15 is 0 Å². The Morgan fingerprint density at radius 2 is 0.454 bits per heavy atom. The third-order valence-electron chi connectivity index (χ3n) is 16.8. The Morgan fingerprint density at radius 3 is 0.739 bits per heavy atom. The van der Waals surface area contributed by atoms with Crippen LogP contribution in [-0.4, -0.2) is 115 Å². The van der Waals surface area contributed by atoms with E-state index in [2.05, 4.69) is 89.0 Å². The number of esters is 6. The van der Waals surface area contributed by atoms with Crippen LogP contribution in [0.4, 0.5) is 0 Å². The van der Waals surface area contributed by atoms with Gasteiger partial charge in [0, 0.05) is 43.5 Å². The zero-order valence-electron chi connectivity index (χ0n) is 71.1. The van der Waals surface area contributed by atoms with Gasteiger partial charge in [0.1, 0.15) is 88.8 Å². The predicted octanol–water partition coefficient (Wildman–Crippen LogP) is 19.9. The molecule has 0 saturated carbocycles. The molecule has 0 radical (unpaired) electrons. The molecule has 0 fully saturated rings. The second-order valence-corrected chi connectivity index (χ2v) is 27.1. The summed E-state index contributed by atoms with van der Waals surface area (Å²) in [5.41, 5.74) is 8.89. The monoisotopic (exact) mass is 1630 g/mol. The van der Waals surface area contributed by atoms with E-state index in [4.69, 9.17) is 71.1 Å². The van der Waals surface area contributed by atoms with Gasteiger partial charge in [-0.3, -0.25) is 14.4 Å². The highest BCUT2D eigenvalue weighted by Gasteiger charge is 2.16. The maximum atomic E-state index is 11.9. The number of carbonyl (C=O) groups is 6. The number of ether oxygens (including phenoxy) is 15. The molecular formula is C98H122O21. The fraction of sp³-hybridized carbons (Fsp3) is 0.388. The molecule has 0 aliphatic carbocycles. The van der Waals surface area contributed by atoms with Crippen LogP contribution in [0, 0.1) is 0 Å². The molecule has 8 aromatic rings. The Morgan fingerprint density at radius 1 is 0.235 bits per heavy atom. The summed E-state index contributed by atoms with van der Waals surface area (Å²) in [6.07, 6.45) is 17.9. The molecule has 0 spiro atoms. The smallest absolute Gasteiger partial charge is 0.344 e. The van der Waals surface area contributed by atoms with Gasteiger partial charge in [-0.15, -0.1) is 0 Å². The van der Waals surface area contributed by atoms with Crippen LogP contribution in [0.3, 0.4) is 0 Å². The van der Waals surface area contributed by atoms with E-state index in [-0.39, 0.29) is 50.9 Å². The first-order valence-corrected chi connectivity index (χ1v) is 41.3. The van der Waals surface area contributed by atoms with Crippen LogP contribution < -0.4 is 56.8 Å². The first-order chi connectivity index (χ1) is 57.8. The third-order valence-corrected chi connectivity index (χ3v) is 16.8. The van der Waals surface area contributed by atoms with Crippen molar-refractivity contribution in [1.29, 1.82) is 0 Å². The van der Waals surface area contributed by atoms with Crippen LogP contribution in [0.2, 0.25) is 0 Å². The van der Waals surface area contributed by atoms with Crippen molar-refractivity contribution in [2.24, 2.45) is 0 Å². The first kappa shape index (κ1) is 97.6. The molecule has 0 amide bonds. The minimum absolute atomic E-state index is 0.139. The molecule has 8 aromatic carbocycles. The standard InChI is InChI=1S/C26H32O9.C26H32O6.C23H32O3.C23H26O3/c1-4-30-24(27)16-33-21-11-9-19(10-12-21)7-8-20-13-22(34-17-25(28)31-5-2)15-23(14-20)35-18-26(29)32-6-3;1-4-7-24(27)30-21-14-12-19(13-15-21)10-11-20-16-22(31-25(28)8-5-2)18-23(17-20)32-26(29)9-6-3;2*1-4-13-24-21-11-9-19(10-12-21)7-8-20-16-22(25-14-5-2)18-23(17-20)26-15-6-3/h9-15H,4-8,16-18H2,1-3H3;12-18H,4-11H2,1-3H3;9-12,16-18H,4-8,13-15H2,1-3H3;4-6,9-12,16-18H,1-3,7-8,13-15H2. The van der Waals surface area contributed by atoms with Crippen LogP contribution in [0.5, 0.6) is 69.0 Å². The largest absolute Gasteiger partial charge is 0.494 e. The summed E-state index contributed by atoms with van der Waals surface area (Å²) in [6, 6.07) is 54.0. The average molecular weight is 1640 g/mol. The van der Waals surface area contributed by atoms with Gasteiger partial charge in [-0.25, -0.2) is 14.4 Å². The maximum absolute atomic E-state index is 11.9. The quantitative estimate of drug-likeness (QED) is 0.0149. The van der Waals surface area contributed by atoms with Crippen molar-refractivity contribution >= 4 is 35.8 Å². The van der Waals surface area contributed by atoms with Gasteiger partial charge in [-0.05, 0) is 252 Å². The molecule has 21 nitrogen and oxygen atoms in total. The molecule has 0 heterocycles. The molecule has 0 atom stereocenters. The van der Waals surface area contributed by atoms with Gasteiger partial charge in [-0.1, -0.05) is 128 Å². The van der Waals surface area contributed by atoms with Crippen LogP contribution in [0.25, 0.3) is 0 Å². The Kier molecular flexibility index (Phi) is 48.2. The summed E-state index contributed by atoms with van der Waals surface area (Å²) >= 11 is 0. The van der Waals surface area contributed by atoms with Crippen molar-refractivity contribution in [1.82, 2.24) is 0 Å². The summed E-state index contributed by atoms with van der Waals surface area (Å²) in [7, 11) is 0. The lowest BCUT2D eigenvalue weighted by atomic mass is 10.0.